The van der Waals surface area contributed by atoms with Crippen molar-refractivity contribution >= 4 is 29.1 Å². The van der Waals surface area contributed by atoms with Gasteiger partial charge in [-0.25, -0.2) is 0 Å². The zero-order valence-corrected chi connectivity index (χ0v) is 13.5. The molecule has 0 radical (unpaired) electrons. The van der Waals surface area contributed by atoms with Crippen LogP contribution in [0, 0.1) is 5.92 Å². The summed E-state index contributed by atoms with van der Waals surface area (Å²) in [6.45, 7) is 3.34. The van der Waals surface area contributed by atoms with E-state index in [0.717, 1.165) is 18.4 Å². The molecule has 1 rings (SSSR count). The Hall–Kier alpha value is -0.770. The van der Waals surface area contributed by atoms with Crippen LogP contribution in [0.25, 0.3) is 0 Å². The number of hydrogen-bond donors (Lipinski definition) is 1. The number of nitrogens with two attached hydrogens (primary N) is 1. The summed E-state index contributed by atoms with van der Waals surface area (Å²) in [5, 5.41) is 1.04. The molecule has 0 bridgehead atoms. The normalized spacial score (nSPS) is 12.2. The topological polar surface area (TPSA) is 46.3 Å². The molecule has 0 aliphatic carbocycles. The first kappa shape index (κ1) is 17.3. The van der Waals surface area contributed by atoms with Gasteiger partial charge < -0.3 is 10.6 Å². The molecule has 1 aromatic rings. The number of rotatable bonds is 7. The number of carbonyl (C=O) groups is 1. The maximum atomic E-state index is 12.0. The Morgan fingerprint density at radius 1 is 1.30 bits per heavy atom. The van der Waals surface area contributed by atoms with E-state index in [1.54, 1.807) is 24.1 Å². The minimum absolute atomic E-state index is 0.139. The van der Waals surface area contributed by atoms with Crippen LogP contribution in [0.4, 0.5) is 0 Å². The van der Waals surface area contributed by atoms with Crippen molar-refractivity contribution in [3.8, 4) is 0 Å². The largest absolute Gasteiger partial charge is 0.341 e. The molecule has 2 N–H and O–H groups in total. The van der Waals surface area contributed by atoms with Gasteiger partial charge in [0, 0.05) is 20.0 Å². The first-order valence-corrected chi connectivity index (χ1v) is 7.57. The third kappa shape index (κ3) is 5.70. The number of nitrogens with zero attached hydrogens (tertiary/aromatic N) is 1. The summed E-state index contributed by atoms with van der Waals surface area (Å²) < 4.78 is 0. The van der Waals surface area contributed by atoms with Crippen LogP contribution < -0.4 is 5.73 Å². The average Bonchev–Trinajstić information content (AvgIpc) is 2.40. The molecule has 0 spiro atoms. The van der Waals surface area contributed by atoms with Gasteiger partial charge in [0.25, 0.3) is 0 Å². The highest BCUT2D eigenvalue weighted by molar-refractivity contribution is 6.42. The molecule has 3 nitrogen and oxygen atoms in total. The number of hydrogen-bond acceptors (Lipinski definition) is 2. The van der Waals surface area contributed by atoms with Crippen LogP contribution in [0.1, 0.15) is 31.7 Å². The lowest BCUT2D eigenvalue weighted by Crippen LogP contribution is -2.26. The first-order chi connectivity index (χ1) is 9.43. The fraction of sp³-hybridized carbons (Fsp3) is 0.533. The lowest BCUT2D eigenvalue weighted by molar-refractivity contribution is -0.130. The van der Waals surface area contributed by atoms with Crippen LogP contribution in [0.3, 0.4) is 0 Å². The molecule has 0 aliphatic heterocycles. The summed E-state index contributed by atoms with van der Waals surface area (Å²) >= 11 is 11.8. The predicted molar refractivity (Wildman–Crippen MR) is 85.0 cm³/mol. The summed E-state index contributed by atoms with van der Waals surface area (Å²) in [4.78, 5) is 13.8. The van der Waals surface area contributed by atoms with E-state index in [-0.39, 0.29) is 5.91 Å². The van der Waals surface area contributed by atoms with Crippen molar-refractivity contribution in [2.24, 2.45) is 11.7 Å². The van der Waals surface area contributed by atoms with Crippen molar-refractivity contribution in [2.75, 3.05) is 13.6 Å². The smallest absolute Gasteiger partial charge is 0.222 e. The summed E-state index contributed by atoms with van der Waals surface area (Å²) in [7, 11) is 1.80. The molecule has 0 fully saturated rings. The Bertz CT molecular complexity index is 451. The second kappa shape index (κ2) is 8.50. The van der Waals surface area contributed by atoms with E-state index < -0.39 is 0 Å². The van der Waals surface area contributed by atoms with Gasteiger partial charge in [0.05, 0.1) is 10.0 Å². The van der Waals surface area contributed by atoms with E-state index in [9.17, 15) is 4.79 Å². The SMILES string of the molecule is CC(CCN)CCC(=O)N(C)Cc1ccc(Cl)c(Cl)c1. The van der Waals surface area contributed by atoms with Crippen molar-refractivity contribution < 1.29 is 4.79 Å². The Morgan fingerprint density at radius 3 is 2.60 bits per heavy atom. The third-order valence-corrected chi connectivity index (χ3v) is 4.08. The van der Waals surface area contributed by atoms with Gasteiger partial charge in [-0.3, -0.25) is 4.79 Å². The standard InChI is InChI=1S/C15H22Cl2N2O/c1-11(7-8-18)3-6-15(20)19(2)10-12-4-5-13(16)14(17)9-12/h4-5,9,11H,3,6-8,10,18H2,1-2H3. The van der Waals surface area contributed by atoms with E-state index in [0.29, 0.717) is 35.5 Å². The molecular formula is C15H22Cl2N2O. The van der Waals surface area contributed by atoms with Gasteiger partial charge in [-0.05, 0) is 43.0 Å². The Balaban J connectivity index is 2.46. The minimum atomic E-state index is 0.139. The molecule has 1 amide bonds. The minimum Gasteiger partial charge on any atom is -0.341 e. The highest BCUT2D eigenvalue weighted by Crippen LogP contribution is 2.23. The summed E-state index contributed by atoms with van der Waals surface area (Å²) in [6, 6.07) is 5.43. The van der Waals surface area contributed by atoms with Gasteiger partial charge in [0.15, 0.2) is 0 Å². The predicted octanol–water partition coefficient (Wildman–Crippen LogP) is 3.72. The lowest BCUT2D eigenvalue weighted by atomic mass is 10.0. The molecule has 20 heavy (non-hydrogen) atoms. The van der Waals surface area contributed by atoms with E-state index >= 15 is 0 Å². The number of benzene rings is 1. The highest BCUT2D eigenvalue weighted by Gasteiger charge is 2.12. The Morgan fingerprint density at radius 2 is 2.00 bits per heavy atom. The van der Waals surface area contributed by atoms with E-state index in [4.69, 9.17) is 28.9 Å². The van der Waals surface area contributed by atoms with Crippen molar-refractivity contribution in [3.63, 3.8) is 0 Å². The number of amides is 1. The second-order valence-electron chi connectivity index (χ2n) is 5.22. The molecule has 5 heteroatoms. The van der Waals surface area contributed by atoms with Crippen LogP contribution in [-0.2, 0) is 11.3 Å². The van der Waals surface area contributed by atoms with Crippen molar-refractivity contribution in [2.45, 2.75) is 32.7 Å². The molecule has 1 unspecified atom stereocenters. The second-order valence-corrected chi connectivity index (χ2v) is 6.03. The molecule has 0 saturated heterocycles. The van der Waals surface area contributed by atoms with Crippen molar-refractivity contribution in [1.29, 1.82) is 0 Å². The number of halogens is 2. The third-order valence-electron chi connectivity index (χ3n) is 3.34. The fourth-order valence-corrected chi connectivity index (χ4v) is 2.31. The molecule has 0 aromatic heterocycles. The Labute approximate surface area is 131 Å². The Kier molecular flexibility index (Phi) is 7.35. The van der Waals surface area contributed by atoms with Gasteiger partial charge in [0.1, 0.15) is 0 Å². The van der Waals surface area contributed by atoms with E-state index in [1.807, 2.05) is 6.07 Å². The zero-order valence-electron chi connectivity index (χ0n) is 12.0. The maximum absolute atomic E-state index is 12.0. The van der Waals surface area contributed by atoms with Gasteiger partial charge in [-0.15, -0.1) is 0 Å². The lowest BCUT2D eigenvalue weighted by Gasteiger charge is -2.19. The van der Waals surface area contributed by atoms with Crippen molar-refractivity contribution in [3.05, 3.63) is 33.8 Å². The van der Waals surface area contributed by atoms with Crippen molar-refractivity contribution in [1.82, 2.24) is 4.90 Å². The van der Waals surface area contributed by atoms with Crippen LogP contribution in [-0.4, -0.2) is 24.4 Å². The van der Waals surface area contributed by atoms with E-state index in [2.05, 4.69) is 6.92 Å². The number of carbonyl (C=O) groups excluding carboxylic acids is 1. The summed E-state index contributed by atoms with van der Waals surface area (Å²) in [5.41, 5.74) is 6.48. The van der Waals surface area contributed by atoms with Gasteiger partial charge >= 0.3 is 0 Å². The fourth-order valence-electron chi connectivity index (χ4n) is 1.99. The molecule has 0 heterocycles. The molecule has 1 atom stereocenters. The molecule has 112 valence electrons. The monoisotopic (exact) mass is 316 g/mol. The molecule has 1 aromatic carbocycles. The van der Waals surface area contributed by atoms with Crippen LogP contribution in [0.15, 0.2) is 18.2 Å². The molecule has 0 aliphatic rings. The zero-order chi connectivity index (χ0) is 15.1. The van der Waals surface area contributed by atoms with E-state index in [1.165, 1.54) is 0 Å². The quantitative estimate of drug-likeness (QED) is 0.833. The molecule has 0 saturated carbocycles. The first-order valence-electron chi connectivity index (χ1n) is 6.82. The van der Waals surface area contributed by atoms with Gasteiger partial charge in [0.2, 0.25) is 5.91 Å². The average molecular weight is 317 g/mol. The van der Waals surface area contributed by atoms with Gasteiger partial charge in [-0.1, -0.05) is 36.2 Å². The summed E-state index contributed by atoms with van der Waals surface area (Å²) in [6.07, 6.45) is 2.39. The summed E-state index contributed by atoms with van der Waals surface area (Å²) in [5.74, 6) is 0.627. The van der Waals surface area contributed by atoms with Crippen LogP contribution >= 0.6 is 23.2 Å². The van der Waals surface area contributed by atoms with Crippen LogP contribution in [0.2, 0.25) is 10.0 Å². The maximum Gasteiger partial charge on any atom is 0.222 e. The highest BCUT2D eigenvalue weighted by atomic mass is 35.5. The molecular weight excluding hydrogens is 295 g/mol. The van der Waals surface area contributed by atoms with Crippen LogP contribution in [0.5, 0.6) is 0 Å². The van der Waals surface area contributed by atoms with Gasteiger partial charge in [-0.2, -0.15) is 0 Å².